The molecule has 0 saturated carbocycles. The standard InChI is InChI=1S/C21H33N3O3/c1-15(2)21(26)24-11-9-16(10-12-24)20(25)22-14-19(23(3)4)17-7-6-8-18(13-17)27-5/h6-8,13,15-16,19H,9-12,14H2,1-5H3,(H,22,25). The summed E-state index contributed by atoms with van der Waals surface area (Å²) >= 11 is 0. The zero-order valence-electron chi connectivity index (χ0n) is 17.2. The molecule has 1 aromatic carbocycles. The molecule has 1 unspecified atom stereocenters. The van der Waals surface area contributed by atoms with Crippen molar-refractivity contribution >= 4 is 11.8 Å². The topological polar surface area (TPSA) is 61.9 Å². The Hall–Kier alpha value is -2.08. The molecule has 0 spiro atoms. The maximum absolute atomic E-state index is 12.6. The number of hydrogen-bond donors (Lipinski definition) is 1. The number of likely N-dealkylation sites (N-methyl/N-ethyl adjacent to an activating group) is 1. The van der Waals surface area contributed by atoms with Crippen LogP contribution >= 0.6 is 0 Å². The third-order valence-corrected chi connectivity index (χ3v) is 5.24. The number of hydrogen-bond acceptors (Lipinski definition) is 4. The van der Waals surface area contributed by atoms with Crippen molar-refractivity contribution in [3.05, 3.63) is 29.8 Å². The van der Waals surface area contributed by atoms with E-state index in [1.165, 1.54) is 0 Å². The quantitative estimate of drug-likeness (QED) is 0.794. The summed E-state index contributed by atoms with van der Waals surface area (Å²) in [4.78, 5) is 28.7. The van der Waals surface area contributed by atoms with E-state index in [1.807, 2.05) is 51.0 Å². The predicted molar refractivity (Wildman–Crippen MR) is 107 cm³/mol. The molecule has 2 rings (SSSR count). The van der Waals surface area contributed by atoms with Gasteiger partial charge in [0.1, 0.15) is 5.75 Å². The van der Waals surface area contributed by atoms with Crippen LogP contribution in [0.25, 0.3) is 0 Å². The van der Waals surface area contributed by atoms with Crippen LogP contribution in [-0.2, 0) is 9.59 Å². The number of nitrogens with one attached hydrogen (secondary N) is 1. The third-order valence-electron chi connectivity index (χ3n) is 5.24. The van der Waals surface area contributed by atoms with Gasteiger partial charge in [0.15, 0.2) is 0 Å². The van der Waals surface area contributed by atoms with Gasteiger partial charge in [0.05, 0.1) is 13.2 Å². The second kappa shape index (κ2) is 9.74. The van der Waals surface area contributed by atoms with Crippen LogP contribution in [-0.4, -0.2) is 62.5 Å². The minimum atomic E-state index is -0.0191. The molecular formula is C21H33N3O3. The molecule has 1 aliphatic heterocycles. The lowest BCUT2D eigenvalue weighted by molar-refractivity contribution is -0.138. The predicted octanol–water partition coefficient (Wildman–Crippen LogP) is 2.31. The van der Waals surface area contributed by atoms with Crippen molar-refractivity contribution in [1.29, 1.82) is 0 Å². The molecule has 1 N–H and O–H groups in total. The summed E-state index contributed by atoms with van der Waals surface area (Å²) in [5, 5.41) is 3.11. The highest BCUT2D eigenvalue weighted by molar-refractivity contribution is 5.80. The molecule has 0 aromatic heterocycles. The SMILES string of the molecule is COc1cccc(C(CNC(=O)C2CCN(C(=O)C(C)C)CC2)N(C)C)c1. The van der Waals surface area contributed by atoms with Crippen LogP contribution in [0.15, 0.2) is 24.3 Å². The molecule has 1 saturated heterocycles. The number of nitrogens with zero attached hydrogens (tertiary/aromatic N) is 2. The molecule has 1 atom stereocenters. The van der Waals surface area contributed by atoms with Crippen molar-refractivity contribution in [3.8, 4) is 5.75 Å². The van der Waals surface area contributed by atoms with Crippen LogP contribution < -0.4 is 10.1 Å². The molecule has 1 aromatic rings. The second-order valence-electron chi connectivity index (χ2n) is 7.76. The number of carbonyl (C=O) groups is 2. The van der Waals surface area contributed by atoms with Crippen molar-refractivity contribution in [2.45, 2.75) is 32.7 Å². The van der Waals surface area contributed by atoms with Crippen molar-refractivity contribution in [3.63, 3.8) is 0 Å². The maximum atomic E-state index is 12.6. The van der Waals surface area contributed by atoms with E-state index in [-0.39, 0.29) is 29.7 Å². The van der Waals surface area contributed by atoms with E-state index in [0.29, 0.717) is 19.6 Å². The molecule has 0 bridgehead atoms. The molecule has 0 aliphatic carbocycles. The molecule has 1 heterocycles. The summed E-state index contributed by atoms with van der Waals surface area (Å²) in [5.41, 5.74) is 1.11. The highest BCUT2D eigenvalue weighted by Gasteiger charge is 2.28. The molecule has 1 fully saturated rings. The van der Waals surface area contributed by atoms with E-state index in [4.69, 9.17) is 4.74 Å². The fourth-order valence-corrected chi connectivity index (χ4v) is 3.52. The number of piperidine rings is 1. The first kappa shape index (κ1) is 21.2. The van der Waals surface area contributed by atoms with E-state index in [0.717, 1.165) is 24.2 Å². The summed E-state index contributed by atoms with van der Waals surface area (Å²) in [5.74, 6) is 1.07. The Labute approximate surface area is 162 Å². The van der Waals surface area contributed by atoms with Gasteiger partial charge in [-0.05, 0) is 44.6 Å². The maximum Gasteiger partial charge on any atom is 0.225 e. The van der Waals surface area contributed by atoms with E-state index < -0.39 is 0 Å². The van der Waals surface area contributed by atoms with Gasteiger partial charge in [0.25, 0.3) is 0 Å². The van der Waals surface area contributed by atoms with Crippen molar-refractivity contribution in [2.24, 2.45) is 11.8 Å². The summed E-state index contributed by atoms with van der Waals surface area (Å²) in [7, 11) is 5.67. The Morgan fingerprint density at radius 3 is 2.48 bits per heavy atom. The number of benzene rings is 1. The first-order valence-corrected chi connectivity index (χ1v) is 9.70. The highest BCUT2D eigenvalue weighted by atomic mass is 16.5. The van der Waals surface area contributed by atoms with Gasteiger partial charge < -0.3 is 19.9 Å². The zero-order chi connectivity index (χ0) is 20.0. The molecule has 6 nitrogen and oxygen atoms in total. The van der Waals surface area contributed by atoms with Gasteiger partial charge in [-0.1, -0.05) is 26.0 Å². The van der Waals surface area contributed by atoms with Crippen LogP contribution in [0.5, 0.6) is 5.75 Å². The Bertz CT molecular complexity index is 637. The summed E-state index contributed by atoms with van der Waals surface area (Å²) < 4.78 is 5.31. The lowest BCUT2D eigenvalue weighted by Gasteiger charge is -2.33. The Kier molecular flexibility index (Phi) is 7.66. The van der Waals surface area contributed by atoms with Crippen LogP contribution in [0.4, 0.5) is 0 Å². The normalized spacial score (nSPS) is 16.5. The van der Waals surface area contributed by atoms with Crippen molar-refractivity contribution < 1.29 is 14.3 Å². The Balaban J connectivity index is 1.90. The van der Waals surface area contributed by atoms with Gasteiger partial charge in [0, 0.05) is 31.5 Å². The molecule has 0 radical (unpaired) electrons. The van der Waals surface area contributed by atoms with E-state index in [1.54, 1.807) is 7.11 Å². The fraction of sp³-hybridized carbons (Fsp3) is 0.619. The van der Waals surface area contributed by atoms with Gasteiger partial charge in [0.2, 0.25) is 11.8 Å². The lowest BCUT2D eigenvalue weighted by Crippen LogP contribution is -2.45. The van der Waals surface area contributed by atoms with Crippen molar-refractivity contribution in [1.82, 2.24) is 15.1 Å². The van der Waals surface area contributed by atoms with E-state index in [2.05, 4.69) is 16.3 Å². The number of ether oxygens (including phenoxy) is 1. The minimum Gasteiger partial charge on any atom is -0.497 e. The van der Waals surface area contributed by atoms with Gasteiger partial charge in [-0.25, -0.2) is 0 Å². The van der Waals surface area contributed by atoms with Gasteiger partial charge >= 0.3 is 0 Å². The average molecular weight is 376 g/mol. The number of carbonyl (C=O) groups excluding carboxylic acids is 2. The van der Waals surface area contributed by atoms with Gasteiger partial charge in [-0.2, -0.15) is 0 Å². The largest absolute Gasteiger partial charge is 0.497 e. The molecule has 2 amide bonds. The zero-order valence-corrected chi connectivity index (χ0v) is 17.2. The molecule has 27 heavy (non-hydrogen) atoms. The van der Waals surface area contributed by atoms with E-state index >= 15 is 0 Å². The monoisotopic (exact) mass is 375 g/mol. The smallest absolute Gasteiger partial charge is 0.225 e. The van der Waals surface area contributed by atoms with Crippen LogP contribution in [0.1, 0.15) is 38.3 Å². The molecular weight excluding hydrogens is 342 g/mol. The minimum absolute atomic E-state index is 0.0130. The summed E-state index contributed by atoms with van der Waals surface area (Å²) in [6, 6.07) is 8.02. The van der Waals surface area contributed by atoms with E-state index in [9.17, 15) is 9.59 Å². The molecule has 1 aliphatic rings. The van der Waals surface area contributed by atoms with Gasteiger partial charge in [-0.15, -0.1) is 0 Å². The first-order valence-electron chi connectivity index (χ1n) is 9.70. The van der Waals surface area contributed by atoms with Crippen LogP contribution in [0, 0.1) is 11.8 Å². The second-order valence-corrected chi connectivity index (χ2v) is 7.76. The summed E-state index contributed by atoms with van der Waals surface area (Å²) in [6.45, 7) is 5.72. The number of amides is 2. The lowest BCUT2D eigenvalue weighted by atomic mass is 9.95. The van der Waals surface area contributed by atoms with Crippen LogP contribution in [0.3, 0.4) is 0 Å². The molecule has 150 valence electrons. The molecule has 6 heteroatoms. The number of methoxy groups -OCH3 is 1. The first-order chi connectivity index (χ1) is 12.8. The Morgan fingerprint density at radius 1 is 1.26 bits per heavy atom. The third kappa shape index (κ3) is 5.70. The van der Waals surface area contributed by atoms with Crippen LogP contribution in [0.2, 0.25) is 0 Å². The summed E-state index contributed by atoms with van der Waals surface area (Å²) in [6.07, 6.45) is 1.46. The van der Waals surface area contributed by atoms with Gasteiger partial charge in [-0.3, -0.25) is 9.59 Å². The average Bonchev–Trinajstić information content (AvgIpc) is 2.67. The Morgan fingerprint density at radius 2 is 1.93 bits per heavy atom. The fourth-order valence-electron chi connectivity index (χ4n) is 3.52. The highest BCUT2D eigenvalue weighted by Crippen LogP contribution is 2.23. The number of likely N-dealkylation sites (tertiary alicyclic amines) is 1. The number of rotatable bonds is 7. The van der Waals surface area contributed by atoms with Crippen molar-refractivity contribution in [2.75, 3.05) is 40.8 Å².